The zero-order chi connectivity index (χ0) is 13.5. The molecule has 2 amide bonds. The monoisotopic (exact) mass is 288 g/mol. The third kappa shape index (κ3) is 5.20. The van der Waals surface area contributed by atoms with Crippen LogP contribution in [0.3, 0.4) is 0 Å². The Hall–Kier alpha value is -0.460. The van der Waals surface area contributed by atoms with Gasteiger partial charge in [-0.15, -0.1) is 0 Å². The first kappa shape index (κ1) is 14.9. The minimum atomic E-state index is 0.0428. The number of hydrogen-bond acceptors (Lipinski definition) is 4. The van der Waals surface area contributed by atoms with Crippen LogP contribution in [0.5, 0.6) is 0 Å². The second kappa shape index (κ2) is 7.97. The standard InChI is InChI=1S/C13H24N2O3S/c1-11(9-18-12-3-6-17-10-12)14-13(16)15-4-2-7-19-8-5-15/h11-12H,2-10H2,1H3,(H,14,16)/t11-,12+/m1/s1. The Morgan fingerprint density at radius 1 is 1.53 bits per heavy atom. The molecular weight excluding hydrogens is 264 g/mol. The highest BCUT2D eigenvalue weighted by atomic mass is 32.2. The van der Waals surface area contributed by atoms with E-state index in [9.17, 15) is 4.79 Å². The third-order valence-corrected chi connectivity index (χ3v) is 4.40. The normalized spacial score (nSPS) is 25.9. The van der Waals surface area contributed by atoms with Crippen molar-refractivity contribution in [3.05, 3.63) is 0 Å². The Morgan fingerprint density at radius 2 is 2.42 bits per heavy atom. The topological polar surface area (TPSA) is 50.8 Å². The van der Waals surface area contributed by atoms with Gasteiger partial charge < -0.3 is 19.7 Å². The van der Waals surface area contributed by atoms with Crippen LogP contribution in [-0.4, -0.2) is 67.5 Å². The maximum atomic E-state index is 12.1. The van der Waals surface area contributed by atoms with Gasteiger partial charge in [0.05, 0.1) is 25.4 Å². The van der Waals surface area contributed by atoms with E-state index in [4.69, 9.17) is 9.47 Å². The highest BCUT2D eigenvalue weighted by Gasteiger charge is 2.20. The molecule has 0 bridgehead atoms. The summed E-state index contributed by atoms with van der Waals surface area (Å²) in [5.74, 6) is 2.20. The van der Waals surface area contributed by atoms with Gasteiger partial charge in [-0.2, -0.15) is 11.8 Å². The Bertz CT molecular complexity index is 277. The quantitative estimate of drug-likeness (QED) is 0.848. The minimum Gasteiger partial charge on any atom is -0.379 e. The van der Waals surface area contributed by atoms with E-state index in [2.05, 4.69) is 5.32 Å². The fourth-order valence-corrected chi connectivity index (χ4v) is 3.10. The van der Waals surface area contributed by atoms with Crippen LogP contribution in [0.15, 0.2) is 0 Å². The average molecular weight is 288 g/mol. The van der Waals surface area contributed by atoms with Crippen molar-refractivity contribution < 1.29 is 14.3 Å². The molecule has 0 aromatic heterocycles. The van der Waals surface area contributed by atoms with Gasteiger partial charge in [-0.25, -0.2) is 4.79 Å². The van der Waals surface area contributed by atoms with Crippen molar-refractivity contribution >= 4 is 17.8 Å². The lowest BCUT2D eigenvalue weighted by Crippen LogP contribution is -2.46. The van der Waals surface area contributed by atoms with Gasteiger partial charge in [0, 0.05) is 25.4 Å². The molecule has 0 saturated carbocycles. The molecule has 2 heterocycles. The summed E-state index contributed by atoms with van der Waals surface area (Å²) in [6.45, 7) is 5.73. The molecular formula is C13H24N2O3S. The second-order valence-electron chi connectivity index (χ2n) is 5.12. The molecule has 0 spiro atoms. The number of nitrogens with zero attached hydrogens (tertiary/aromatic N) is 1. The van der Waals surface area contributed by atoms with Gasteiger partial charge in [-0.3, -0.25) is 0 Å². The number of carbonyl (C=O) groups excluding carboxylic acids is 1. The highest BCUT2D eigenvalue weighted by Crippen LogP contribution is 2.11. The fourth-order valence-electron chi connectivity index (χ4n) is 2.22. The smallest absolute Gasteiger partial charge is 0.317 e. The summed E-state index contributed by atoms with van der Waals surface area (Å²) >= 11 is 1.92. The van der Waals surface area contributed by atoms with Gasteiger partial charge in [0.1, 0.15) is 0 Å². The number of thioether (sulfide) groups is 1. The van der Waals surface area contributed by atoms with Crippen molar-refractivity contribution in [1.29, 1.82) is 0 Å². The SMILES string of the molecule is C[C@H](CO[C@H]1CCOC1)NC(=O)N1CCCSCC1. The molecule has 0 unspecified atom stereocenters. The molecule has 2 aliphatic heterocycles. The molecule has 0 radical (unpaired) electrons. The molecule has 0 aromatic carbocycles. The zero-order valence-electron chi connectivity index (χ0n) is 11.6. The fraction of sp³-hybridized carbons (Fsp3) is 0.923. The van der Waals surface area contributed by atoms with Crippen LogP contribution in [0.25, 0.3) is 0 Å². The molecule has 6 heteroatoms. The minimum absolute atomic E-state index is 0.0428. The van der Waals surface area contributed by atoms with Gasteiger partial charge in [-0.05, 0) is 25.5 Å². The predicted octanol–water partition coefficient (Wildman–Crippen LogP) is 1.33. The molecule has 2 saturated heterocycles. The number of rotatable bonds is 4. The molecule has 110 valence electrons. The number of carbonyl (C=O) groups is 1. The van der Waals surface area contributed by atoms with Crippen LogP contribution >= 0.6 is 11.8 Å². The van der Waals surface area contributed by atoms with Crippen molar-refractivity contribution in [1.82, 2.24) is 10.2 Å². The van der Waals surface area contributed by atoms with Gasteiger partial charge in [-0.1, -0.05) is 0 Å². The summed E-state index contributed by atoms with van der Waals surface area (Å²) in [5, 5.41) is 3.01. The first-order chi connectivity index (χ1) is 9.25. The Balaban J connectivity index is 1.65. The Kier molecular flexibility index (Phi) is 6.26. The number of ether oxygens (including phenoxy) is 2. The molecule has 5 nitrogen and oxygen atoms in total. The highest BCUT2D eigenvalue weighted by molar-refractivity contribution is 7.99. The summed E-state index contributed by atoms with van der Waals surface area (Å²) in [6.07, 6.45) is 2.25. The lowest BCUT2D eigenvalue weighted by molar-refractivity contribution is 0.0331. The van der Waals surface area contributed by atoms with Crippen LogP contribution in [-0.2, 0) is 9.47 Å². The van der Waals surface area contributed by atoms with Gasteiger partial charge in [0.25, 0.3) is 0 Å². The summed E-state index contributed by atoms with van der Waals surface area (Å²) in [6, 6.07) is 0.0882. The molecule has 2 fully saturated rings. The molecule has 2 rings (SSSR count). The van der Waals surface area contributed by atoms with E-state index >= 15 is 0 Å². The number of nitrogens with one attached hydrogen (secondary N) is 1. The van der Waals surface area contributed by atoms with E-state index in [1.165, 1.54) is 0 Å². The Labute approximate surface area is 119 Å². The molecule has 2 aliphatic rings. The van der Waals surface area contributed by atoms with E-state index in [0.29, 0.717) is 13.2 Å². The lowest BCUT2D eigenvalue weighted by Gasteiger charge is -2.24. The van der Waals surface area contributed by atoms with Gasteiger partial charge in [0.2, 0.25) is 0 Å². The number of urea groups is 1. The Morgan fingerprint density at radius 3 is 3.21 bits per heavy atom. The van der Waals surface area contributed by atoms with E-state index in [1.54, 1.807) is 0 Å². The van der Waals surface area contributed by atoms with E-state index < -0.39 is 0 Å². The molecule has 0 aliphatic carbocycles. The van der Waals surface area contributed by atoms with Crippen LogP contribution in [0, 0.1) is 0 Å². The lowest BCUT2D eigenvalue weighted by atomic mass is 10.3. The number of amides is 2. The summed E-state index contributed by atoms with van der Waals surface area (Å²) in [7, 11) is 0. The van der Waals surface area contributed by atoms with Crippen LogP contribution in [0.2, 0.25) is 0 Å². The molecule has 2 atom stereocenters. The molecule has 0 aromatic rings. The summed E-state index contributed by atoms with van der Waals surface area (Å²) in [4.78, 5) is 14.0. The maximum Gasteiger partial charge on any atom is 0.317 e. The predicted molar refractivity (Wildman–Crippen MR) is 76.7 cm³/mol. The van der Waals surface area contributed by atoms with Crippen LogP contribution in [0.4, 0.5) is 4.79 Å². The van der Waals surface area contributed by atoms with E-state index in [0.717, 1.165) is 44.0 Å². The van der Waals surface area contributed by atoms with Crippen LogP contribution < -0.4 is 5.32 Å². The van der Waals surface area contributed by atoms with Gasteiger partial charge >= 0.3 is 6.03 Å². The largest absolute Gasteiger partial charge is 0.379 e. The summed E-state index contributed by atoms with van der Waals surface area (Å²) in [5.41, 5.74) is 0. The zero-order valence-corrected chi connectivity index (χ0v) is 12.4. The average Bonchev–Trinajstić information content (AvgIpc) is 2.76. The van der Waals surface area contributed by atoms with Gasteiger partial charge in [0.15, 0.2) is 0 Å². The second-order valence-corrected chi connectivity index (χ2v) is 6.35. The van der Waals surface area contributed by atoms with Crippen molar-refractivity contribution in [2.45, 2.75) is 31.9 Å². The van der Waals surface area contributed by atoms with E-state index in [-0.39, 0.29) is 18.2 Å². The molecule has 19 heavy (non-hydrogen) atoms. The first-order valence-electron chi connectivity index (χ1n) is 7.08. The van der Waals surface area contributed by atoms with Crippen molar-refractivity contribution in [3.8, 4) is 0 Å². The molecule has 1 N–H and O–H groups in total. The number of hydrogen-bond donors (Lipinski definition) is 1. The van der Waals surface area contributed by atoms with E-state index in [1.807, 2.05) is 23.6 Å². The third-order valence-electron chi connectivity index (χ3n) is 3.35. The summed E-state index contributed by atoms with van der Waals surface area (Å²) < 4.78 is 11.0. The maximum absolute atomic E-state index is 12.1. The first-order valence-corrected chi connectivity index (χ1v) is 8.23. The van der Waals surface area contributed by atoms with Crippen LogP contribution in [0.1, 0.15) is 19.8 Å². The van der Waals surface area contributed by atoms with Crippen molar-refractivity contribution in [2.24, 2.45) is 0 Å². The van der Waals surface area contributed by atoms with Crippen molar-refractivity contribution in [2.75, 3.05) is 44.4 Å². The van der Waals surface area contributed by atoms with Crippen molar-refractivity contribution in [3.63, 3.8) is 0 Å².